The van der Waals surface area contributed by atoms with E-state index in [1.807, 2.05) is 17.5 Å². The molecule has 4 nitrogen and oxygen atoms in total. The van der Waals surface area contributed by atoms with Crippen LogP contribution in [-0.4, -0.2) is 13.4 Å². The zero-order valence-electron chi connectivity index (χ0n) is 15.1. The van der Waals surface area contributed by atoms with Crippen LogP contribution in [0.4, 0.5) is 14.5 Å². The van der Waals surface area contributed by atoms with Crippen LogP contribution in [0.1, 0.15) is 0 Å². The van der Waals surface area contributed by atoms with Crippen molar-refractivity contribution >= 4 is 38.6 Å². The highest BCUT2D eigenvalue weighted by molar-refractivity contribution is 7.92. The van der Waals surface area contributed by atoms with Gasteiger partial charge in [-0.15, -0.1) is 11.3 Å². The zero-order chi connectivity index (χ0) is 21.3. The summed E-state index contributed by atoms with van der Waals surface area (Å²) in [6.07, 6.45) is 1.72. The number of nitrogens with one attached hydrogen (secondary N) is 1. The summed E-state index contributed by atoms with van der Waals surface area (Å²) in [5, 5.41) is 3.27. The Bertz CT molecular complexity index is 1310. The van der Waals surface area contributed by atoms with Gasteiger partial charge in [-0.2, -0.15) is 0 Å². The number of hydrogen-bond donors (Lipinski definition) is 1. The summed E-state index contributed by atoms with van der Waals surface area (Å²) in [5.41, 5.74) is 2.64. The summed E-state index contributed by atoms with van der Waals surface area (Å²) in [6.45, 7) is 0. The lowest BCUT2D eigenvalue weighted by Gasteiger charge is -2.11. The highest BCUT2D eigenvalue weighted by atomic mass is 35.5. The third-order valence-corrected chi connectivity index (χ3v) is 6.85. The van der Waals surface area contributed by atoms with Gasteiger partial charge in [0.2, 0.25) is 0 Å². The molecule has 0 saturated carbocycles. The minimum Gasteiger partial charge on any atom is -0.280 e. The van der Waals surface area contributed by atoms with Gasteiger partial charge in [-0.05, 0) is 42.0 Å². The fraction of sp³-hybridized carbons (Fsp3) is 0. The second-order valence-electron chi connectivity index (χ2n) is 6.27. The van der Waals surface area contributed by atoms with Crippen LogP contribution in [0.2, 0.25) is 5.02 Å². The first kappa shape index (κ1) is 20.5. The quantitative estimate of drug-likeness (QED) is 0.383. The molecule has 1 N–H and O–H groups in total. The lowest BCUT2D eigenvalue weighted by Crippen LogP contribution is -2.15. The molecule has 1 aromatic heterocycles. The van der Waals surface area contributed by atoms with Crippen LogP contribution in [0.15, 0.2) is 77.1 Å². The van der Waals surface area contributed by atoms with Gasteiger partial charge in [-0.3, -0.25) is 4.72 Å². The van der Waals surface area contributed by atoms with E-state index in [1.165, 1.54) is 23.5 Å². The van der Waals surface area contributed by atoms with Crippen molar-refractivity contribution in [3.8, 4) is 21.7 Å². The second-order valence-corrected chi connectivity index (χ2v) is 9.22. The molecule has 0 amide bonds. The van der Waals surface area contributed by atoms with E-state index in [2.05, 4.69) is 9.71 Å². The maximum Gasteiger partial charge on any atom is 0.264 e. The third-order valence-electron chi connectivity index (χ3n) is 4.30. The second kappa shape index (κ2) is 8.14. The molecule has 0 spiro atoms. The molecule has 0 saturated heterocycles. The minimum atomic E-state index is -4.29. The Morgan fingerprint density at radius 3 is 2.40 bits per heavy atom. The van der Waals surface area contributed by atoms with Crippen molar-refractivity contribution in [2.45, 2.75) is 4.90 Å². The van der Waals surface area contributed by atoms with Gasteiger partial charge in [0.15, 0.2) is 11.6 Å². The van der Waals surface area contributed by atoms with Crippen LogP contribution in [0, 0.1) is 11.6 Å². The molecule has 152 valence electrons. The third kappa shape index (κ3) is 4.07. The number of nitrogens with zero attached hydrogens (tertiary/aromatic N) is 1. The molecule has 1 heterocycles. The Balaban J connectivity index is 1.62. The average molecular weight is 463 g/mol. The molecule has 0 fully saturated rings. The summed E-state index contributed by atoms with van der Waals surface area (Å²) in [6, 6.07) is 15.0. The fourth-order valence-corrected chi connectivity index (χ4v) is 4.87. The van der Waals surface area contributed by atoms with E-state index in [9.17, 15) is 17.2 Å². The fourth-order valence-electron chi connectivity index (χ4n) is 2.87. The molecular weight excluding hydrogens is 450 g/mol. The number of thiazole rings is 1. The largest absolute Gasteiger partial charge is 0.280 e. The van der Waals surface area contributed by atoms with Crippen LogP contribution >= 0.6 is 22.9 Å². The van der Waals surface area contributed by atoms with E-state index in [0.29, 0.717) is 5.02 Å². The van der Waals surface area contributed by atoms with Gasteiger partial charge >= 0.3 is 0 Å². The first-order valence-electron chi connectivity index (χ1n) is 8.62. The summed E-state index contributed by atoms with van der Waals surface area (Å²) < 4.78 is 54.3. The van der Waals surface area contributed by atoms with Gasteiger partial charge in [0.05, 0.1) is 0 Å². The number of sulfonamides is 1. The van der Waals surface area contributed by atoms with Crippen molar-refractivity contribution in [2.75, 3.05) is 4.72 Å². The van der Waals surface area contributed by atoms with Gasteiger partial charge in [0.1, 0.15) is 9.90 Å². The SMILES string of the molecule is O=S(=O)(Nc1ccc(-c2cc(-c3nccs3)ccc2Cl)cc1)c1cccc(F)c1F. The molecule has 0 bridgehead atoms. The van der Waals surface area contributed by atoms with E-state index < -0.39 is 26.6 Å². The Labute approximate surface area is 180 Å². The molecular formula is C21H13ClF2N2O2S2. The molecule has 0 aliphatic heterocycles. The molecule has 0 aliphatic rings. The minimum absolute atomic E-state index is 0.203. The van der Waals surface area contributed by atoms with Crippen molar-refractivity contribution in [1.29, 1.82) is 0 Å². The van der Waals surface area contributed by atoms with Crippen LogP contribution in [0.3, 0.4) is 0 Å². The predicted octanol–water partition coefficient (Wildman–Crippen LogP) is 6.21. The van der Waals surface area contributed by atoms with Crippen molar-refractivity contribution in [2.24, 2.45) is 0 Å². The predicted molar refractivity (Wildman–Crippen MR) is 115 cm³/mol. The summed E-state index contributed by atoms with van der Waals surface area (Å²) in [5.74, 6) is -2.66. The van der Waals surface area contributed by atoms with Crippen molar-refractivity contribution in [3.05, 3.63) is 88.9 Å². The Hall–Kier alpha value is -2.81. The molecule has 0 aliphatic carbocycles. The molecule has 4 rings (SSSR count). The maximum atomic E-state index is 13.9. The van der Waals surface area contributed by atoms with Gasteiger partial charge in [-0.25, -0.2) is 22.2 Å². The maximum absolute atomic E-state index is 13.9. The number of rotatable bonds is 5. The smallest absolute Gasteiger partial charge is 0.264 e. The van der Waals surface area contributed by atoms with Crippen LogP contribution in [0.25, 0.3) is 21.7 Å². The standard InChI is InChI=1S/C21H13ClF2N2O2S2/c22-17-9-6-14(21-25-10-11-29-21)12-16(17)13-4-7-15(8-5-13)26-30(27,28)19-3-1-2-18(23)20(19)24/h1-12,26H. The Morgan fingerprint density at radius 1 is 0.967 bits per heavy atom. The number of hydrogen-bond acceptors (Lipinski definition) is 4. The van der Waals surface area contributed by atoms with E-state index in [4.69, 9.17) is 11.6 Å². The highest BCUT2D eigenvalue weighted by Crippen LogP contribution is 2.34. The number of anilines is 1. The zero-order valence-corrected chi connectivity index (χ0v) is 17.5. The number of aromatic nitrogens is 1. The molecule has 3 aromatic carbocycles. The molecule has 9 heteroatoms. The Morgan fingerprint density at radius 2 is 1.70 bits per heavy atom. The van der Waals surface area contributed by atoms with Gasteiger partial charge < -0.3 is 0 Å². The molecule has 0 radical (unpaired) electrons. The summed E-state index contributed by atoms with van der Waals surface area (Å²) in [4.78, 5) is 3.53. The summed E-state index contributed by atoms with van der Waals surface area (Å²) >= 11 is 7.85. The lowest BCUT2D eigenvalue weighted by atomic mass is 10.0. The lowest BCUT2D eigenvalue weighted by molar-refractivity contribution is 0.485. The number of benzene rings is 3. The first-order valence-corrected chi connectivity index (χ1v) is 11.4. The molecule has 4 aromatic rings. The van der Waals surface area contributed by atoms with Crippen LogP contribution in [-0.2, 0) is 10.0 Å². The molecule has 0 unspecified atom stereocenters. The first-order chi connectivity index (χ1) is 14.3. The highest BCUT2D eigenvalue weighted by Gasteiger charge is 2.21. The van der Waals surface area contributed by atoms with E-state index in [-0.39, 0.29) is 5.69 Å². The summed E-state index contributed by atoms with van der Waals surface area (Å²) in [7, 11) is -4.29. The van der Waals surface area contributed by atoms with E-state index in [0.717, 1.165) is 39.9 Å². The number of halogens is 3. The molecule has 0 atom stereocenters. The van der Waals surface area contributed by atoms with Crippen LogP contribution in [0.5, 0.6) is 0 Å². The van der Waals surface area contributed by atoms with Gasteiger partial charge in [0, 0.05) is 33.4 Å². The van der Waals surface area contributed by atoms with Gasteiger partial charge in [0.25, 0.3) is 10.0 Å². The monoisotopic (exact) mass is 462 g/mol. The molecule has 30 heavy (non-hydrogen) atoms. The Kier molecular flexibility index (Phi) is 5.55. The van der Waals surface area contributed by atoms with Crippen molar-refractivity contribution < 1.29 is 17.2 Å². The normalized spacial score (nSPS) is 11.4. The topological polar surface area (TPSA) is 59.1 Å². The van der Waals surface area contributed by atoms with Crippen LogP contribution < -0.4 is 4.72 Å². The van der Waals surface area contributed by atoms with E-state index in [1.54, 1.807) is 24.4 Å². The average Bonchev–Trinajstić information content (AvgIpc) is 3.25. The van der Waals surface area contributed by atoms with Crippen molar-refractivity contribution in [1.82, 2.24) is 4.98 Å². The van der Waals surface area contributed by atoms with Crippen molar-refractivity contribution in [3.63, 3.8) is 0 Å². The van der Waals surface area contributed by atoms with E-state index >= 15 is 0 Å². The van der Waals surface area contributed by atoms with Gasteiger partial charge in [-0.1, -0.05) is 35.9 Å².